The molecule has 0 aliphatic heterocycles. The van der Waals surface area contributed by atoms with Crippen molar-refractivity contribution < 1.29 is 9.53 Å². The summed E-state index contributed by atoms with van der Waals surface area (Å²) in [4.78, 5) is 35.6. The Bertz CT molecular complexity index is 1580. The summed E-state index contributed by atoms with van der Waals surface area (Å²) in [6.07, 6.45) is 1.79. The van der Waals surface area contributed by atoms with Crippen LogP contribution in [0.25, 0.3) is 33.3 Å². The number of fused-ring (bicyclic) bond motifs is 2. The molecule has 1 saturated carbocycles. The van der Waals surface area contributed by atoms with E-state index >= 15 is 0 Å². The molecule has 7 nitrogen and oxygen atoms in total. The zero-order chi connectivity index (χ0) is 23.9. The maximum absolute atomic E-state index is 14.0. The van der Waals surface area contributed by atoms with E-state index in [9.17, 15) is 9.59 Å². The summed E-state index contributed by atoms with van der Waals surface area (Å²) in [5, 5.41) is 4.00. The molecule has 0 spiro atoms. The van der Waals surface area contributed by atoms with Crippen molar-refractivity contribution in [1.29, 1.82) is 0 Å². The normalized spacial score (nSPS) is 14.2. The lowest BCUT2D eigenvalue weighted by Crippen LogP contribution is -2.36. The second-order valence-corrected chi connectivity index (χ2v) is 8.89. The van der Waals surface area contributed by atoms with Gasteiger partial charge in [-0.25, -0.2) is 4.98 Å². The molecule has 1 unspecified atom stereocenters. The quantitative estimate of drug-likeness (QED) is 0.364. The van der Waals surface area contributed by atoms with Gasteiger partial charge in [-0.2, -0.15) is 0 Å². The number of aromatic nitrogens is 3. The van der Waals surface area contributed by atoms with Crippen LogP contribution in [0.15, 0.2) is 83.7 Å². The number of carbonyl (C=O) groups excluding carboxylic acids is 1. The van der Waals surface area contributed by atoms with Crippen molar-refractivity contribution in [3.63, 3.8) is 0 Å². The van der Waals surface area contributed by atoms with Crippen LogP contribution >= 0.6 is 0 Å². The van der Waals surface area contributed by atoms with Gasteiger partial charge in [-0.1, -0.05) is 30.3 Å². The van der Waals surface area contributed by atoms with Gasteiger partial charge in [-0.15, -0.1) is 0 Å². The second kappa shape index (κ2) is 8.43. The lowest BCUT2D eigenvalue weighted by molar-refractivity contribution is -0.119. The van der Waals surface area contributed by atoms with Crippen LogP contribution in [0.2, 0.25) is 0 Å². The van der Waals surface area contributed by atoms with Crippen LogP contribution in [0.5, 0.6) is 5.75 Å². The highest BCUT2D eigenvalue weighted by molar-refractivity contribution is 5.95. The smallest absolute Gasteiger partial charge is 0.279 e. The third kappa shape index (κ3) is 3.85. The number of anilines is 1. The molecule has 2 aromatic heterocycles. The van der Waals surface area contributed by atoms with E-state index in [1.807, 2.05) is 54.6 Å². The van der Waals surface area contributed by atoms with Crippen LogP contribution in [0.1, 0.15) is 18.9 Å². The summed E-state index contributed by atoms with van der Waals surface area (Å²) < 4.78 is 6.85. The maximum atomic E-state index is 14.0. The van der Waals surface area contributed by atoms with Gasteiger partial charge in [0.2, 0.25) is 5.91 Å². The van der Waals surface area contributed by atoms with E-state index in [-0.39, 0.29) is 17.4 Å². The van der Waals surface area contributed by atoms with E-state index < -0.39 is 6.04 Å². The van der Waals surface area contributed by atoms with Crippen molar-refractivity contribution in [1.82, 2.24) is 14.5 Å². The monoisotopic (exact) mass is 464 g/mol. The number of H-pyrrole nitrogens is 1. The Balaban J connectivity index is 1.48. The average molecular weight is 465 g/mol. The van der Waals surface area contributed by atoms with Gasteiger partial charge in [-0.05, 0) is 67.3 Å². The van der Waals surface area contributed by atoms with Gasteiger partial charge in [0.25, 0.3) is 5.56 Å². The fraction of sp³-hybridized carbons (Fsp3) is 0.179. The number of benzene rings is 3. The zero-order valence-electron chi connectivity index (χ0n) is 19.2. The van der Waals surface area contributed by atoms with Crippen molar-refractivity contribution in [2.24, 2.45) is 5.92 Å². The van der Waals surface area contributed by atoms with Crippen molar-refractivity contribution in [2.75, 3.05) is 12.4 Å². The highest BCUT2D eigenvalue weighted by Gasteiger charge is 2.39. The molecule has 174 valence electrons. The Hall–Kier alpha value is -4.39. The minimum atomic E-state index is -0.638. The molecule has 1 fully saturated rings. The Morgan fingerprint density at radius 1 is 1.06 bits per heavy atom. The van der Waals surface area contributed by atoms with Gasteiger partial charge in [0.15, 0.2) is 5.69 Å². The Kier molecular flexibility index (Phi) is 5.10. The number of hydrogen-bond acceptors (Lipinski definition) is 4. The van der Waals surface area contributed by atoms with Gasteiger partial charge in [-0.3, -0.25) is 14.2 Å². The van der Waals surface area contributed by atoms with Gasteiger partial charge < -0.3 is 15.0 Å². The molecule has 0 radical (unpaired) electrons. The molecule has 0 saturated heterocycles. The molecule has 5 aromatic rings. The first-order valence-corrected chi connectivity index (χ1v) is 11.7. The zero-order valence-corrected chi connectivity index (χ0v) is 19.2. The lowest BCUT2D eigenvalue weighted by Gasteiger charge is -2.22. The van der Waals surface area contributed by atoms with E-state index in [0.29, 0.717) is 33.9 Å². The van der Waals surface area contributed by atoms with Crippen molar-refractivity contribution in [2.45, 2.75) is 18.9 Å². The Morgan fingerprint density at radius 2 is 1.80 bits per heavy atom. The molecule has 0 bridgehead atoms. The molecular formula is C28H24N4O3. The molecule has 7 heteroatoms. The average Bonchev–Trinajstić information content (AvgIpc) is 3.62. The summed E-state index contributed by atoms with van der Waals surface area (Å²) in [6, 6.07) is 23.8. The summed E-state index contributed by atoms with van der Waals surface area (Å²) in [6.45, 7) is 0. The molecule has 35 heavy (non-hydrogen) atoms. The van der Waals surface area contributed by atoms with Crippen LogP contribution in [-0.4, -0.2) is 27.6 Å². The van der Waals surface area contributed by atoms with Crippen molar-refractivity contribution >= 4 is 33.5 Å². The van der Waals surface area contributed by atoms with Gasteiger partial charge >= 0.3 is 0 Å². The number of carbonyl (C=O) groups is 1. The number of hydrogen-bond donors (Lipinski definition) is 2. The topological polar surface area (TPSA) is 89.0 Å². The van der Waals surface area contributed by atoms with E-state index in [0.717, 1.165) is 23.7 Å². The largest absolute Gasteiger partial charge is 0.497 e. The van der Waals surface area contributed by atoms with Crippen molar-refractivity contribution in [3.05, 3.63) is 89.2 Å². The van der Waals surface area contributed by atoms with Crippen molar-refractivity contribution in [3.8, 4) is 17.1 Å². The molecule has 1 aliphatic carbocycles. The van der Waals surface area contributed by atoms with Crippen LogP contribution in [0, 0.1) is 5.92 Å². The van der Waals surface area contributed by atoms with Crippen LogP contribution in [0.4, 0.5) is 5.69 Å². The molecule has 2 heterocycles. The Morgan fingerprint density at radius 3 is 2.54 bits per heavy atom. The molecule has 2 N–H and O–H groups in total. The Labute approximate surface area is 201 Å². The standard InChI is InChI=1S/C28H24N4O3/c1-35-20-14-12-19(13-15-20)29-27(33)26(17-10-11-17)32-24-9-5-4-8-22(24)31-25(28(32)34)23-16-18-6-2-3-7-21(18)30-23/h2-9,12-17,26,30H,10-11H2,1H3,(H,29,33). The molecule has 1 amide bonds. The number of ether oxygens (including phenoxy) is 1. The lowest BCUT2D eigenvalue weighted by atomic mass is 10.1. The number of nitrogens with one attached hydrogen (secondary N) is 2. The second-order valence-electron chi connectivity index (χ2n) is 8.89. The molecule has 3 aromatic carbocycles. The first-order chi connectivity index (χ1) is 17.1. The van der Waals surface area contributed by atoms with Crippen LogP contribution in [-0.2, 0) is 4.79 Å². The summed E-state index contributed by atoms with van der Waals surface area (Å²) in [7, 11) is 1.60. The van der Waals surface area contributed by atoms with Crippen LogP contribution < -0.4 is 15.6 Å². The first-order valence-electron chi connectivity index (χ1n) is 11.7. The number of para-hydroxylation sites is 3. The number of amides is 1. The fourth-order valence-corrected chi connectivity index (χ4v) is 4.65. The van der Waals surface area contributed by atoms with E-state index in [1.54, 1.807) is 35.9 Å². The predicted octanol–water partition coefficient (Wildman–Crippen LogP) is 5.14. The molecular weight excluding hydrogens is 440 g/mol. The highest BCUT2D eigenvalue weighted by Crippen LogP contribution is 2.41. The molecule has 1 aliphatic rings. The van der Waals surface area contributed by atoms with E-state index in [2.05, 4.69) is 10.3 Å². The van der Waals surface area contributed by atoms with Gasteiger partial charge in [0.05, 0.1) is 23.8 Å². The predicted molar refractivity (Wildman–Crippen MR) is 137 cm³/mol. The third-order valence-corrected chi connectivity index (χ3v) is 6.55. The van der Waals surface area contributed by atoms with Crippen LogP contribution in [0.3, 0.4) is 0 Å². The molecule has 1 atom stereocenters. The summed E-state index contributed by atoms with van der Waals surface area (Å²) >= 11 is 0. The number of aromatic amines is 1. The molecule has 6 rings (SSSR count). The maximum Gasteiger partial charge on any atom is 0.279 e. The highest BCUT2D eigenvalue weighted by atomic mass is 16.5. The minimum Gasteiger partial charge on any atom is -0.497 e. The minimum absolute atomic E-state index is 0.0901. The third-order valence-electron chi connectivity index (χ3n) is 6.55. The fourth-order valence-electron chi connectivity index (χ4n) is 4.65. The van der Waals surface area contributed by atoms with Gasteiger partial charge in [0.1, 0.15) is 11.8 Å². The number of nitrogens with zero attached hydrogens (tertiary/aromatic N) is 2. The van der Waals surface area contributed by atoms with Gasteiger partial charge in [0, 0.05) is 16.6 Å². The number of methoxy groups -OCH3 is 1. The summed E-state index contributed by atoms with van der Waals surface area (Å²) in [5.74, 6) is 0.590. The number of rotatable bonds is 6. The summed E-state index contributed by atoms with van der Waals surface area (Å²) in [5.41, 5.74) is 3.58. The van der Waals surface area contributed by atoms with E-state index in [4.69, 9.17) is 9.72 Å². The first kappa shape index (κ1) is 21.2. The SMILES string of the molecule is COc1ccc(NC(=O)C(C2CC2)n2c(=O)c(-c3cc4ccccc4[nH]3)nc3ccccc32)cc1. The van der Waals surface area contributed by atoms with E-state index in [1.165, 1.54) is 0 Å².